The second-order valence-corrected chi connectivity index (χ2v) is 3.59. The van der Waals surface area contributed by atoms with Crippen molar-refractivity contribution < 1.29 is 4.79 Å². The average Bonchev–Trinajstić information content (AvgIpc) is 2.63. The van der Waals surface area contributed by atoms with Crippen molar-refractivity contribution in [2.45, 2.75) is 26.7 Å². The highest BCUT2D eigenvalue weighted by molar-refractivity contribution is 5.86. The fourth-order valence-electron chi connectivity index (χ4n) is 1.61. The maximum absolute atomic E-state index is 10.7. The molecule has 0 unspecified atom stereocenters. The minimum Gasteiger partial charge on any atom is -0.340 e. The maximum Gasteiger partial charge on any atom is 0.177 e. The van der Waals surface area contributed by atoms with Crippen LogP contribution in [0.5, 0.6) is 0 Å². The smallest absolute Gasteiger partial charge is 0.177 e. The Kier molecular flexibility index (Phi) is 2.49. The highest BCUT2D eigenvalue weighted by Gasteiger charge is 2.08. The molecule has 0 amide bonds. The zero-order chi connectivity index (χ0) is 10.8. The molecule has 2 rings (SSSR count). The van der Waals surface area contributed by atoms with Gasteiger partial charge in [0.25, 0.3) is 0 Å². The summed E-state index contributed by atoms with van der Waals surface area (Å²) in [7, 11) is 0. The predicted molar refractivity (Wildman–Crippen MR) is 58.0 cm³/mol. The van der Waals surface area contributed by atoms with Crippen molar-refractivity contribution in [2.24, 2.45) is 0 Å². The SMILES string of the molecule is CCCc1nc2ncc(C=O)c(C)c2[nH]1. The Labute approximate surface area is 87.7 Å². The van der Waals surface area contributed by atoms with Gasteiger partial charge in [-0.2, -0.15) is 0 Å². The van der Waals surface area contributed by atoms with Crippen LogP contribution in [0.2, 0.25) is 0 Å². The number of carbonyl (C=O) groups is 1. The molecule has 0 spiro atoms. The molecule has 4 heteroatoms. The molecule has 0 saturated carbocycles. The molecule has 1 N–H and O–H groups in total. The number of rotatable bonds is 3. The fourth-order valence-corrected chi connectivity index (χ4v) is 1.61. The second kappa shape index (κ2) is 3.81. The van der Waals surface area contributed by atoms with Crippen LogP contribution >= 0.6 is 0 Å². The Hall–Kier alpha value is -1.71. The first kappa shape index (κ1) is 9.83. The Bertz CT molecular complexity index is 502. The lowest BCUT2D eigenvalue weighted by Gasteiger charge is -1.96. The van der Waals surface area contributed by atoms with E-state index in [9.17, 15) is 4.79 Å². The highest BCUT2D eigenvalue weighted by Crippen LogP contribution is 2.16. The highest BCUT2D eigenvalue weighted by atomic mass is 16.1. The number of hydrogen-bond acceptors (Lipinski definition) is 3. The molecule has 15 heavy (non-hydrogen) atoms. The number of nitrogens with zero attached hydrogens (tertiary/aromatic N) is 2. The van der Waals surface area contributed by atoms with Crippen LogP contribution in [-0.4, -0.2) is 21.2 Å². The summed E-state index contributed by atoms with van der Waals surface area (Å²) in [5.74, 6) is 0.936. The number of hydrogen-bond donors (Lipinski definition) is 1. The van der Waals surface area contributed by atoms with Crippen LogP contribution in [0.4, 0.5) is 0 Å². The van der Waals surface area contributed by atoms with Gasteiger partial charge in [0.15, 0.2) is 11.9 Å². The lowest BCUT2D eigenvalue weighted by molar-refractivity contribution is 0.112. The predicted octanol–water partition coefficient (Wildman–Crippen LogP) is 2.03. The van der Waals surface area contributed by atoms with Crippen LogP contribution in [0.3, 0.4) is 0 Å². The molecule has 78 valence electrons. The molecule has 0 aliphatic heterocycles. The Morgan fingerprint density at radius 2 is 2.33 bits per heavy atom. The van der Waals surface area contributed by atoms with E-state index in [-0.39, 0.29) is 0 Å². The van der Waals surface area contributed by atoms with Crippen molar-refractivity contribution in [3.8, 4) is 0 Å². The molecule has 4 nitrogen and oxygen atoms in total. The topological polar surface area (TPSA) is 58.6 Å². The van der Waals surface area contributed by atoms with Crippen molar-refractivity contribution in [3.63, 3.8) is 0 Å². The minimum atomic E-state index is 0.620. The number of pyridine rings is 1. The van der Waals surface area contributed by atoms with E-state index < -0.39 is 0 Å². The first-order valence-electron chi connectivity index (χ1n) is 5.05. The van der Waals surface area contributed by atoms with E-state index in [1.54, 1.807) is 6.20 Å². The van der Waals surface area contributed by atoms with E-state index in [0.717, 1.165) is 36.0 Å². The zero-order valence-corrected chi connectivity index (χ0v) is 8.87. The normalized spacial score (nSPS) is 10.8. The molecule has 2 aromatic rings. The molecular weight excluding hydrogens is 190 g/mol. The summed E-state index contributed by atoms with van der Waals surface area (Å²) < 4.78 is 0. The van der Waals surface area contributed by atoms with Crippen LogP contribution in [0.15, 0.2) is 6.20 Å². The number of carbonyl (C=O) groups excluding carboxylic acids is 1. The van der Waals surface area contributed by atoms with Gasteiger partial charge in [-0.05, 0) is 18.9 Å². The summed E-state index contributed by atoms with van der Waals surface area (Å²) in [4.78, 5) is 22.4. The minimum absolute atomic E-state index is 0.620. The quantitative estimate of drug-likeness (QED) is 0.776. The van der Waals surface area contributed by atoms with E-state index >= 15 is 0 Å². The average molecular weight is 203 g/mol. The van der Waals surface area contributed by atoms with Crippen LogP contribution in [0.25, 0.3) is 11.2 Å². The summed E-state index contributed by atoms with van der Waals surface area (Å²) in [6.07, 6.45) is 4.34. The van der Waals surface area contributed by atoms with Gasteiger partial charge in [0.1, 0.15) is 5.82 Å². The van der Waals surface area contributed by atoms with Gasteiger partial charge in [-0.15, -0.1) is 0 Å². The number of aromatic nitrogens is 3. The monoisotopic (exact) mass is 203 g/mol. The zero-order valence-electron chi connectivity index (χ0n) is 8.87. The van der Waals surface area contributed by atoms with Gasteiger partial charge in [-0.3, -0.25) is 4.79 Å². The number of aldehydes is 1. The maximum atomic E-state index is 10.7. The molecule has 0 atom stereocenters. The van der Waals surface area contributed by atoms with Gasteiger partial charge in [0.2, 0.25) is 0 Å². The van der Waals surface area contributed by atoms with Crippen LogP contribution < -0.4 is 0 Å². The van der Waals surface area contributed by atoms with Crippen molar-refractivity contribution in [2.75, 3.05) is 0 Å². The number of aromatic amines is 1. The van der Waals surface area contributed by atoms with Gasteiger partial charge in [0.05, 0.1) is 5.52 Å². The lowest BCUT2D eigenvalue weighted by Crippen LogP contribution is -1.90. The summed E-state index contributed by atoms with van der Waals surface area (Å²) >= 11 is 0. The summed E-state index contributed by atoms with van der Waals surface area (Å²) in [5, 5.41) is 0. The number of aryl methyl sites for hydroxylation is 2. The van der Waals surface area contributed by atoms with E-state index in [4.69, 9.17) is 0 Å². The molecule has 2 aromatic heterocycles. The summed E-state index contributed by atoms with van der Waals surface area (Å²) in [5.41, 5.74) is 3.11. The van der Waals surface area contributed by atoms with Crippen molar-refractivity contribution in [1.29, 1.82) is 0 Å². The molecule has 0 fully saturated rings. The summed E-state index contributed by atoms with van der Waals surface area (Å²) in [6, 6.07) is 0. The Morgan fingerprint density at radius 3 is 3.00 bits per heavy atom. The van der Waals surface area contributed by atoms with E-state index in [1.807, 2.05) is 6.92 Å². The largest absolute Gasteiger partial charge is 0.340 e. The van der Waals surface area contributed by atoms with Crippen LogP contribution in [0, 0.1) is 6.92 Å². The number of H-pyrrole nitrogens is 1. The first-order chi connectivity index (χ1) is 7.26. The van der Waals surface area contributed by atoms with Crippen LogP contribution in [0.1, 0.15) is 35.1 Å². The fraction of sp³-hybridized carbons (Fsp3) is 0.364. The summed E-state index contributed by atoms with van der Waals surface area (Å²) in [6.45, 7) is 4.01. The lowest BCUT2D eigenvalue weighted by atomic mass is 10.1. The third-order valence-corrected chi connectivity index (χ3v) is 2.48. The molecule has 0 saturated heterocycles. The standard InChI is InChI=1S/C11H13N3O/c1-3-4-9-13-10-7(2)8(6-15)5-12-11(10)14-9/h5-6H,3-4H2,1-2H3,(H,12,13,14). The van der Waals surface area contributed by atoms with Gasteiger partial charge < -0.3 is 4.98 Å². The molecule has 0 aromatic carbocycles. The van der Waals surface area contributed by atoms with Crippen molar-refractivity contribution in [1.82, 2.24) is 15.0 Å². The van der Waals surface area contributed by atoms with Gasteiger partial charge in [-0.1, -0.05) is 6.92 Å². The second-order valence-electron chi connectivity index (χ2n) is 3.59. The third-order valence-electron chi connectivity index (χ3n) is 2.48. The Balaban J connectivity index is 2.60. The van der Waals surface area contributed by atoms with Crippen LogP contribution in [-0.2, 0) is 6.42 Å². The number of nitrogens with one attached hydrogen (secondary N) is 1. The van der Waals surface area contributed by atoms with Crippen molar-refractivity contribution in [3.05, 3.63) is 23.1 Å². The van der Waals surface area contributed by atoms with Gasteiger partial charge >= 0.3 is 0 Å². The van der Waals surface area contributed by atoms with E-state index in [0.29, 0.717) is 11.2 Å². The van der Waals surface area contributed by atoms with Gasteiger partial charge in [0, 0.05) is 18.2 Å². The van der Waals surface area contributed by atoms with Crippen molar-refractivity contribution >= 4 is 17.5 Å². The number of fused-ring (bicyclic) bond motifs is 1. The Morgan fingerprint density at radius 1 is 1.53 bits per heavy atom. The van der Waals surface area contributed by atoms with Gasteiger partial charge in [-0.25, -0.2) is 9.97 Å². The van der Waals surface area contributed by atoms with E-state index in [2.05, 4.69) is 21.9 Å². The third kappa shape index (κ3) is 1.63. The number of imidazole rings is 1. The molecular formula is C11H13N3O. The molecule has 0 aliphatic carbocycles. The molecule has 0 radical (unpaired) electrons. The van der Waals surface area contributed by atoms with E-state index in [1.165, 1.54) is 0 Å². The molecule has 0 aliphatic rings. The first-order valence-corrected chi connectivity index (χ1v) is 5.05. The molecule has 0 bridgehead atoms. The molecule has 2 heterocycles.